The monoisotopic (exact) mass is 450 g/mol. The minimum Gasteiger partial charge on any atom is -0.457 e. The number of hydrogen-bond donors (Lipinski definition) is 2. The van der Waals surface area contributed by atoms with Gasteiger partial charge in [-0.3, -0.25) is 4.79 Å². The van der Waals surface area contributed by atoms with Crippen LogP contribution in [-0.4, -0.2) is 43.6 Å². The van der Waals surface area contributed by atoms with E-state index < -0.39 is 29.1 Å². The Bertz CT molecular complexity index is 1140. The van der Waals surface area contributed by atoms with Crippen LogP contribution in [0.15, 0.2) is 42.6 Å². The fourth-order valence-corrected chi connectivity index (χ4v) is 6.24. The minimum atomic E-state index is -1.43. The van der Waals surface area contributed by atoms with Crippen molar-refractivity contribution in [3.05, 3.63) is 53.9 Å². The zero-order chi connectivity index (χ0) is 23.5. The number of Topliss-reactive ketones (excluding diaryl/α,β-unsaturated/α-hetero) is 1. The summed E-state index contributed by atoms with van der Waals surface area (Å²) in [4.78, 5) is 25.8. The van der Waals surface area contributed by atoms with Gasteiger partial charge in [0.15, 0.2) is 0 Å². The molecule has 1 aromatic heterocycles. The van der Waals surface area contributed by atoms with E-state index in [1.54, 1.807) is 17.8 Å². The summed E-state index contributed by atoms with van der Waals surface area (Å²) >= 11 is 0. The first-order valence-electron chi connectivity index (χ1n) is 11.5. The average molecular weight is 451 g/mol. The summed E-state index contributed by atoms with van der Waals surface area (Å²) in [6.07, 6.45) is 2.50. The van der Waals surface area contributed by atoms with Crippen molar-refractivity contribution in [2.24, 2.45) is 17.3 Å². The minimum absolute atomic E-state index is 0.110. The van der Waals surface area contributed by atoms with E-state index in [1.807, 2.05) is 38.1 Å². The number of fused-ring (bicyclic) bond motifs is 3. The zero-order valence-electron chi connectivity index (χ0n) is 19.2. The number of ether oxygens (including phenoxy) is 1. The van der Waals surface area contributed by atoms with Crippen molar-refractivity contribution in [1.82, 2.24) is 15.0 Å². The molecule has 0 radical (unpaired) electrons. The second-order valence-electron chi connectivity index (χ2n) is 9.97. The molecule has 3 aliphatic rings. The van der Waals surface area contributed by atoms with Gasteiger partial charge >= 0.3 is 5.97 Å². The lowest BCUT2D eigenvalue weighted by Crippen LogP contribution is -2.59. The van der Waals surface area contributed by atoms with Crippen molar-refractivity contribution < 1.29 is 19.4 Å². The topological polar surface area (TPSA) is 106 Å². The Morgan fingerprint density at radius 1 is 1.30 bits per heavy atom. The SMILES string of the molecule is C=C1C(=O)O[C@@H]2[C@H]1CC[C@H](C)[C@]1(O)[C@@H](n3cc(CNc4ccccc4C)nn3)CC(=O)[C@@]21C. The molecule has 0 bridgehead atoms. The number of hydrogen-bond acceptors (Lipinski definition) is 7. The van der Waals surface area contributed by atoms with E-state index in [4.69, 9.17) is 4.74 Å². The molecule has 0 spiro atoms. The maximum absolute atomic E-state index is 13.5. The number of ketones is 1. The zero-order valence-corrected chi connectivity index (χ0v) is 19.2. The molecule has 8 heteroatoms. The van der Waals surface area contributed by atoms with Gasteiger partial charge in [-0.05, 0) is 44.2 Å². The van der Waals surface area contributed by atoms with Gasteiger partial charge in [0.2, 0.25) is 0 Å². The maximum atomic E-state index is 13.5. The van der Waals surface area contributed by atoms with Crippen LogP contribution in [0.4, 0.5) is 5.69 Å². The van der Waals surface area contributed by atoms with Gasteiger partial charge in [0, 0.05) is 23.6 Å². The van der Waals surface area contributed by atoms with E-state index in [0.717, 1.165) is 11.3 Å². The van der Waals surface area contributed by atoms with Gasteiger partial charge in [-0.2, -0.15) is 0 Å². The van der Waals surface area contributed by atoms with Crippen LogP contribution in [0.25, 0.3) is 0 Å². The number of rotatable bonds is 4. The maximum Gasteiger partial charge on any atom is 0.334 e. The summed E-state index contributed by atoms with van der Waals surface area (Å²) in [5.74, 6) is -1.04. The molecule has 2 saturated carbocycles. The van der Waals surface area contributed by atoms with Crippen molar-refractivity contribution in [1.29, 1.82) is 0 Å². The number of aliphatic hydroxyl groups is 1. The Kier molecular flexibility index (Phi) is 4.97. The number of para-hydroxylation sites is 1. The summed E-state index contributed by atoms with van der Waals surface area (Å²) in [7, 11) is 0. The predicted molar refractivity (Wildman–Crippen MR) is 121 cm³/mol. The second kappa shape index (κ2) is 7.52. The summed E-state index contributed by atoms with van der Waals surface area (Å²) in [6.45, 7) is 10.1. The van der Waals surface area contributed by atoms with Crippen LogP contribution in [-0.2, 0) is 20.9 Å². The van der Waals surface area contributed by atoms with Crippen LogP contribution in [0, 0.1) is 24.2 Å². The highest BCUT2D eigenvalue weighted by atomic mass is 16.6. The van der Waals surface area contributed by atoms with E-state index >= 15 is 0 Å². The fourth-order valence-electron chi connectivity index (χ4n) is 6.24. The van der Waals surface area contributed by atoms with Gasteiger partial charge in [0.25, 0.3) is 0 Å². The quantitative estimate of drug-likeness (QED) is 0.545. The lowest BCUT2D eigenvalue weighted by Gasteiger charge is -2.46. The lowest BCUT2D eigenvalue weighted by molar-refractivity contribution is -0.178. The standard InChI is InChI=1S/C25H30N4O4/c1-14-7-5-6-8-19(14)26-12-17-13-29(28-27-17)20-11-21(30)24(4)22-18(16(3)23(31)33-22)10-9-15(2)25(20,24)32/h5-8,13,15,18,20,22,26,32H,3,9-12H2,1-2,4H3/t15-,18-,20-,22+,24-,25-/m0/s1. The van der Waals surface area contributed by atoms with E-state index in [1.165, 1.54) is 0 Å². The number of anilines is 1. The summed E-state index contributed by atoms with van der Waals surface area (Å²) in [6, 6.07) is 7.41. The van der Waals surface area contributed by atoms with Crippen molar-refractivity contribution in [2.45, 2.75) is 64.3 Å². The van der Waals surface area contributed by atoms with Crippen LogP contribution in [0.2, 0.25) is 0 Å². The fraction of sp³-hybridized carbons (Fsp3) is 0.520. The molecule has 33 heavy (non-hydrogen) atoms. The number of aromatic nitrogens is 3. The highest BCUT2D eigenvalue weighted by Gasteiger charge is 2.72. The van der Waals surface area contributed by atoms with Crippen LogP contribution in [0.3, 0.4) is 0 Å². The first kappa shape index (κ1) is 21.8. The molecule has 2 N–H and O–H groups in total. The summed E-state index contributed by atoms with van der Waals surface area (Å²) in [5.41, 5.74) is 0.593. The Labute approximate surface area is 193 Å². The van der Waals surface area contributed by atoms with E-state index in [0.29, 0.717) is 30.7 Å². The number of carbonyl (C=O) groups is 2. The summed E-state index contributed by atoms with van der Waals surface area (Å²) in [5, 5.41) is 24.2. The third-order valence-electron chi connectivity index (χ3n) is 8.32. The molecule has 3 fully saturated rings. The van der Waals surface area contributed by atoms with Crippen molar-refractivity contribution in [2.75, 3.05) is 5.32 Å². The highest BCUT2D eigenvalue weighted by molar-refractivity contribution is 5.95. The first-order chi connectivity index (χ1) is 15.7. The Morgan fingerprint density at radius 3 is 2.82 bits per heavy atom. The van der Waals surface area contributed by atoms with Crippen LogP contribution in [0.1, 0.15) is 50.4 Å². The van der Waals surface area contributed by atoms with E-state index in [-0.39, 0.29) is 24.0 Å². The van der Waals surface area contributed by atoms with Gasteiger partial charge in [0.05, 0.1) is 24.2 Å². The molecule has 174 valence electrons. The number of carbonyl (C=O) groups excluding carboxylic acids is 2. The van der Waals surface area contributed by atoms with Crippen LogP contribution >= 0.6 is 0 Å². The molecule has 5 rings (SSSR count). The lowest BCUT2D eigenvalue weighted by atomic mass is 9.64. The Morgan fingerprint density at radius 2 is 2.06 bits per heavy atom. The van der Waals surface area contributed by atoms with E-state index in [2.05, 4.69) is 22.2 Å². The molecule has 1 aromatic carbocycles. The molecule has 8 nitrogen and oxygen atoms in total. The molecule has 2 heterocycles. The van der Waals surface area contributed by atoms with Crippen molar-refractivity contribution in [3.8, 4) is 0 Å². The molecular formula is C25H30N4O4. The smallest absolute Gasteiger partial charge is 0.334 e. The second-order valence-corrected chi connectivity index (χ2v) is 9.97. The van der Waals surface area contributed by atoms with Gasteiger partial charge < -0.3 is 15.2 Å². The first-order valence-corrected chi connectivity index (χ1v) is 11.5. The third kappa shape index (κ3) is 3.00. The van der Waals surface area contributed by atoms with Crippen LogP contribution in [0.5, 0.6) is 0 Å². The number of aryl methyl sites for hydroxylation is 1. The van der Waals surface area contributed by atoms with Crippen molar-refractivity contribution in [3.63, 3.8) is 0 Å². The number of esters is 1. The Balaban J connectivity index is 1.46. The summed E-state index contributed by atoms with van der Waals surface area (Å²) < 4.78 is 7.30. The molecule has 1 saturated heterocycles. The number of nitrogens with zero attached hydrogens (tertiary/aromatic N) is 3. The van der Waals surface area contributed by atoms with Gasteiger partial charge in [-0.15, -0.1) is 5.10 Å². The third-order valence-corrected chi connectivity index (χ3v) is 8.32. The van der Waals surface area contributed by atoms with Gasteiger partial charge in [-0.1, -0.05) is 36.9 Å². The molecule has 0 unspecified atom stereocenters. The largest absolute Gasteiger partial charge is 0.457 e. The molecule has 0 amide bonds. The van der Waals surface area contributed by atoms with E-state index in [9.17, 15) is 14.7 Å². The molecular weight excluding hydrogens is 420 g/mol. The van der Waals surface area contributed by atoms with Gasteiger partial charge in [0.1, 0.15) is 23.2 Å². The molecule has 2 aliphatic carbocycles. The molecule has 2 aromatic rings. The average Bonchev–Trinajstić information content (AvgIpc) is 3.41. The normalized spacial score (nSPS) is 35.7. The van der Waals surface area contributed by atoms with Gasteiger partial charge in [-0.25, -0.2) is 9.48 Å². The Hall–Kier alpha value is -3.00. The molecule has 1 aliphatic heterocycles. The van der Waals surface area contributed by atoms with Crippen molar-refractivity contribution >= 4 is 17.4 Å². The number of nitrogens with one attached hydrogen (secondary N) is 1. The predicted octanol–water partition coefficient (Wildman–Crippen LogP) is 2.98. The molecule has 6 atom stereocenters. The highest BCUT2D eigenvalue weighted by Crippen LogP contribution is 2.61. The van der Waals surface area contributed by atoms with Crippen LogP contribution < -0.4 is 5.32 Å². The number of benzene rings is 1.